The molecule has 0 spiro atoms. The van der Waals surface area contributed by atoms with Crippen LogP contribution >= 0.6 is 11.6 Å². The smallest absolute Gasteiger partial charge is 0.126 e. The molecule has 1 aromatic heterocycles. The van der Waals surface area contributed by atoms with Gasteiger partial charge in [0.2, 0.25) is 0 Å². The number of benzene rings is 1. The Hall–Kier alpha value is -1.50. The highest BCUT2D eigenvalue weighted by Gasteiger charge is 2.17. The third-order valence-electron chi connectivity index (χ3n) is 3.34. The van der Waals surface area contributed by atoms with Gasteiger partial charge in [-0.1, -0.05) is 11.6 Å². The van der Waals surface area contributed by atoms with E-state index in [9.17, 15) is 8.78 Å². The fourth-order valence-corrected chi connectivity index (χ4v) is 2.58. The molecule has 0 amide bonds. The van der Waals surface area contributed by atoms with Gasteiger partial charge in [-0.05, 0) is 31.0 Å². The van der Waals surface area contributed by atoms with E-state index < -0.39 is 11.6 Å². The maximum atomic E-state index is 13.2. The second-order valence-electron chi connectivity index (χ2n) is 5.02. The van der Waals surface area contributed by atoms with Crippen molar-refractivity contribution >= 4 is 11.6 Å². The van der Waals surface area contributed by atoms with E-state index in [0.29, 0.717) is 23.4 Å². The van der Waals surface area contributed by atoms with Crippen LogP contribution < -0.4 is 11.3 Å². The number of hydrazine groups is 1. The average Bonchev–Trinajstić information content (AvgIpc) is 2.63. The minimum Gasteiger partial charge on any atom is -0.271 e. The van der Waals surface area contributed by atoms with Crippen molar-refractivity contribution in [2.24, 2.45) is 12.9 Å². The molecule has 3 N–H and O–H groups in total. The highest BCUT2D eigenvalue weighted by molar-refractivity contribution is 6.31. The molecule has 0 radical (unpaired) electrons. The molecule has 1 unspecified atom stereocenters. The van der Waals surface area contributed by atoms with E-state index in [2.05, 4.69) is 10.5 Å². The minimum absolute atomic E-state index is 0.210. The van der Waals surface area contributed by atoms with Gasteiger partial charge in [-0.2, -0.15) is 5.10 Å². The van der Waals surface area contributed by atoms with E-state index in [4.69, 9.17) is 17.4 Å². The van der Waals surface area contributed by atoms with Gasteiger partial charge in [-0.15, -0.1) is 0 Å². The molecule has 1 heterocycles. The first kappa shape index (κ1) is 15.9. The van der Waals surface area contributed by atoms with E-state index in [1.54, 1.807) is 11.7 Å². The molecule has 2 aromatic rings. The number of halogens is 3. The van der Waals surface area contributed by atoms with Crippen LogP contribution in [0.5, 0.6) is 0 Å². The van der Waals surface area contributed by atoms with E-state index in [1.165, 1.54) is 12.1 Å². The van der Waals surface area contributed by atoms with Gasteiger partial charge in [0.25, 0.3) is 0 Å². The molecule has 0 bridgehead atoms. The summed E-state index contributed by atoms with van der Waals surface area (Å²) in [4.78, 5) is 0. The van der Waals surface area contributed by atoms with E-state index in [1.807, 2.05) is 6.92 Å². The molecule has 0 aliphatic carbocycles. The molecule has 2 rings (SSSR count). The van der Waals surface area contributed by atoms with Crippen molar-refractivity contribution in [3.05, 3.63) is 51.8 Å². The van der Waals surface area contributed by atoms with Gasteiger partial charge < -0.3 is 0 Å². The standard InChI is InChI=1S/C14H17ClF2N4/c1-8-14(15)13(21(2)20-8)7-12(19-18)5-9-3-10(16)6-11(17)4-9/h3-4,6,12,19H,5,7,18H2,1-2H3. The molecule has 0 aliphatic heterocycles. The fraction of sp³-hybridized carbons (Fsp3) is 0.357. The Morgan fingerprint density at radius 1 is 1.29 bits per heavy atom. The number of aryl methyl sites for hydroxylation is 2. The summed E-state index contributed by atoms with van der Waals surface area (Å²) in [5.41, 5.74) is 4.76. The van der Waals surface area contributed by atoms with E-state index in [-0.39, 0.29) is 6.04 Å². The predicted octanol–water partition coefficient (Wildman–Crippen LogP) is 2.28. The number of hydrogen-bond acceptors (Lipinski definition) is 3. The summed E-state index contributed by atoms with van der Waals surface area (Å²) in [5, 5.41) is 4.82. The Balaban J connectivity index is 2.16. The van der Waals surface area contributed by atoms with Crippen molar-refractivity contribution < 1.29 is 8.78 Å². The molecule has 0 aliphatic rings. The SMILES string of the molecule is Cc1nn(C)c(CC(Cc2cc(F)cc(F)c2)NN)c1Cl. The Bertz CT molecular complexity index is 622. The maximum absolute atomic E-state index is 13.2. The summed E-state index contributed by atoms with van der Waals surface area (Å²) >= 11 is 6.20. The summed E-state index contributed by atoms with van der Waals surface area (Å²) in [6.45, 7) is 1.82. The molecule has 0 fully saturated rings. The van der Waals surface area contributed by atoms with Gasteiger partial charge in [0.1, 0.15) is 11.6 Å². The normalized spacial score (nSPS) is 12.7. The van der Waals surface area contributed by atoms with Crippen molar-refractivity contribution in [1.29, 1.82) is 0 Å². The van der Waals surface area contributed by atoms with Gasteiger partial charge >= 0.3 is 0 Å². The van der Waals surface area contributed by atoms with Crippen LogP contribution in [0.2, 0.25) is 5.02 Å². The highest BCUT2D eigenvalue weighted by Crippen LogP contribution is 2.21. The van der Waals surface area contributed by atoms with Gasteiger partial charge in [0.15, 0.2) is 0 Å². The van der Waals surface area contributed by atoms with Crippen LogP contribution in [-0.2, 0) is 19.9 Å². The molecule has 4 nitrogen and oxygen atoms in total. The minimum atomic E-state index is -0.602. The van der Waals surface area contributed by atoms with Crippen LogP contribution in [0.4, 0.5) is 8.78 Å². The Morgan fingerprint density at radius 3 is 2.38 bits per heavy atom. The largest absolute Gasteiger partial charge is 0.271 e. The third-order valence-corrected chi connectivity index (χ3v) is 3.83. The van der Waals surface area contributed by atoms with E-state index in [0.717, 1.165) is 17.5 Å². The lowest BCUT2D eigenvalue weighted by atomic mass is 10.0. The second kappa shape index (κ2) is 6.51. The van der Waals surface area contributed by atoms with Gasteiger partial charge in [-0.25, -0.2) is 8.78 Å². The van der Waals surface area contributed by atoms with Crippen LogP contribution in [0.15, 0.2) is 18.2 Å². The predicted molar refractivity (Wildman–Crippen MR) is 77.8 cm³/mol. The zero-order valence-corrected chi connectivity index (χ0v) is 12.6. The van der Waals surface area contributed by atoms with Crippen molar-refractivity contribution in [3.8, 4) is 0 Å². The topological polar surface area (TPSA) is 55.9 Å². The lowest BCUT2D eigenvalue weighted by molar-refractivity contribution is 0.501. The van der Waals surface area contributed by atoms with Crippen LogP contribution in [0.3, 0.4) is 0 Å². The molecule has 0 saturated heterocycles. The fourth-order valence-electron chi connectivity index (χ4n) is 2.34. The monoisotopic (exact) mass is 314 g/mol. The Morgan fingerprint density at radius 2 is 1.90 bits per heavy atom. The lowest BCUT2D eigenvalue weighted by Gasteiger charge is -2.16. The number of nitrogens with zero attached hydrogens (tertiary/aromatic N) is 2. The summed E-state index contributed by atoms with van der Waals surface area (Å²) in [6, 6.07) is 3.22. The zero-order valence-electron chi connectivity index (χ0n) is 11.8. The maximum Gasteiger partial charge on any atom is 0.126 e. The second-order valence-corrected chi connectivity index (χ2v) is 5.40. The number of aromatic nitrogens is 2. The first-order valence-corrected chi connectivity index (χ1v) is 6.87. The summed E-state index contributed by atoms with van der Waals surface area (Å²) < 4.78 is 28.1. The molecular formula is C14H17ClF2N4. The van der Waals surface area contributed by atoms with Crippen molar-refractivity contribution in [2.45, 2.75) is 25.8 Å². The van der Waals surface area contributed by atoms with Crippen molar-refractivity contribution in [2.75, 3.05) is 0 Å². The molecule has 21 heavy (non-hydrogen) atoms. The van der Waals surface area contributed by atoms with Gasteiger partial charge in [-0.3, -0.25) is 16.0 Å². The van der Waals surface area contributed by atoms with Crippen LogP contribution in [0, 0.1) is 18.6 Å². The average molecular weight is 315 g/mol. The Kier molecular flexibility index (Phi) is 4.92. The molecular weight excluding hydrogens is 298 g/mol. The summed E-state index contributed by atoms with van der Waals surface area (Å²) in [7, 11) is 1.80. The molecule has 0 saturated carbocycles. The highest BCUT2D eigenvalue weighted by atomic mass is 35.5. The first-order valence-electron chi connectivity index (χ1n) is 6.49. The van der Waals surface area contributed by atoms with Crippen LogP contribution in [0.1, 0.15) is 17.0 Å². The molecule has 114 valence electrons. The molecule has 1 atom stereocenters. The quantitative estimate of drug-likeness (QED) is 0.657. The third kappa shape index (κ3) is 3.78. The van der Waals surface area contributed by atoms with Crippen molar-refractivity contribution in [1.82, 2.24) is 15.2 Å². The number of hydrogen-bond donors (Lipinski definition) is 2. The molecule has 1 aromatic carbocycles. The summed E-state index contributed by atoms with van der Waals surface area (Å²) in [6.07, 6.45) is 0.885. The van der Waals surface area contributed by atoms with Gasteiger partial charge in [0, 0.05) is 25.6 Å². The van der Waals surface area contributed by atoms with Gasteiger partial charge in [0.05, 0.1) is 16.4 Å². The van der Waals surface area contributed by atoms with Crippen LogP contribution in [0.25, 0.3) is 0 Å². The van der Waals surface area contributed by atoms with E-state index >= 15 is 0 Å². The molecule has 7 heteroatoms. The van der Waals surface area contributed by atoms with Crippen molar-refractivity contribution in [3.63, 3.8) is 0 Å². The zero-order chi connectivity index (χ0) is 15.6. The lowest BCUT2D eigenvalue weighted by Crippen LogP contribution is -2.39. The first-order chi connectivity index (χ1) is 9.90. The van der Waals surface area contributed by atoms with Crippen LogP contribution in [-0.4, -0.2) is 15.8 Å². The number of nitrogens with two attached hydrogens (primary N) is 1. The Labute approximate surface area is 126 Å². The summed E-state index contributed by atoms with van der Waals surface area (Å²) in [5.74, 6) is 4.34. The number of rotatable bonds is 5. The number of nitrogens with one attached hydrogen (secondary N) is 1.